The van der Waals surface area contributed by atoms with Gasteiger partial charge in [-0.3, -0.25) is 0 Å². The number of halogens is 2. The van der Waals surface area contributed by atoms with Crippen LogP contribution < -0.4 is 5.32 Å². The van der Waals surface area contributed by atoms with Crippen molar-refractivity contribution in [1.82, 2.24) is 10.2 Å². The fourth-order valence-corrected chi connectivity index (χ4v) is 1.96. The molecular formula is C14H18Cl2N2O2. The van der Waals surface area contributed by atoms with Crippen LogP contribution in [0.25, 0.3) is 0 Å². The van der Waals surface area contributed by atoms with Gasteiger partial charge in [0.15, 0.2) is 0 Å². The number of rotatable bonds is 7. The molecule has 0 spiro atoms. The average molecular weight is 317 g/mol. The SMILES string of the molecule is C=CCNC(=O)N(CCCO)Cc1ccc(Cl)c(Cl)c1. The largest absolute Gasteiger partial charge is 0.396 e. The first-order valence-corrected chi connectivity index (χ1v) is 7.02. The predicted molar refractivity (Wildman–Crippen MR) is 82.2 cm³/mol. The predicted octanol–water partition coefficient (Wildman–Crippen LogP) is 3.07. The Bertz CT molecular complexity index is 466. The molecule has 0 saturated carbocycles. The maximum Gasteiger partial charge on any atom is 0.317 e. The van der Waals surface area contributed by atoms with E-state index in [1.807, 2.05) is 6.07 Å². The number of hydrogen-bond donors (Lipinski definition) is 2. The van der Waals surface area contributed by atoms with Crippen LogP contribution in [-0.2, 0) is 6.54 Å². The van der Waals surface area contributed by atoms with Crippen LogP contribution in [0.5, 0.6) is 0 Å². The van der Waals surface area contributed by atoms with Gasteiger partial charge in [-0.1, -0.05) is 35.3 Å². The first-order chi connectivity index (χ1) is 9.58. The van der Waals surface area contributed by atoms with Crippen molar-refractivity contribution in [3.8, 4) is 0 Å². The first kappa shape index (κ1) is 16.8. The van der Waals surface area contributed by atoms with Gasteiger partial charge in [0.2, 0.25) is 0 Å². The van der Waals surface area contributed by atoms with Crippen molar-refractivity contribution in [1.29, 1.82) is 0 Å². The molecule has 6 heteroatoms. The summed E-state index contributed by atoms with van der Waals surface area (Å²) >= 11 is 11.8. The third-order valence-electron chi connectivity index (χ3n) is 2.63. The van der Waals surface area contributed by atoms with Crippen LogP contribution in [0.15, 0.2) is 30.9 Å². The highest BCUT2D eigenvalue weighted by molar-refractivity contribution is 6.42. The Morgan fingerprint density at radius 1 is 1.40 bits per heavy atom. The maximum atomic E-state index is 12.0. The molecule has 0 saturated heterocycles. The second-order valence-electron chi connectivity index (χ2n) is 4.22. The molecule has 4 nitrogen and oxygen atoms in total. The van der Waals surface area contributed by atoms with Gasteiger partial charge in [-0.2, -0.15) is 0 Å². The number of nitrogens with zero attached hydrogens (tertiary/aromatic N) is 1. The van der Waals surface area contributed by atoms with Crippen LogP contribution in [-0.4, -0.2) is 35.7 Å². The highest BCUT2D eigenvalue weighted by atomic mass is 35.5. The van der Waals surface area contributed by atoms with Gasteiger partial charge in [0.05, 0.1) is 10.0 Å². The molecule has 1 aromatic carbocycles. The first-order valence-electron chi connectivity index (χ1n) is 6.27. The van der Waals surface area contributed by atoms with Gasteiger partial charge in [0.1, 0.15) is 0 Å². The van der Waals surface area contributed by atoms with Crippen LogP contribution in [0, 0.1) is 0 Å². The fraction of sp³-hybridized carbons (Fsp3) is 0.357. The second-order valence-corrected chi connectivity index (χ2v) is 5.04. The molecule has 0 heterocycles. The lowest BCUT2D eigenvalue weighted by atomic mass is 10.2. The number of carbonyl (C=O) groups excluding carboxylic acids is 1. The van der Waals surface area contributed by atoms with Crippen molar-refractivity contribution >= 4 is 29.2 Å². The third-order valence-corrected chi connectivity index (χ3v) is 3.37. The van der Waals surface area contributed by atoms with E-state index in [4.69, 9.17) is 28.3 Å². The topological polar surface area (TPSA) is 52.6 Å². The molecule has 0 radical (unpaired) electrons. The van der Waals surface area contributed by atoms with Crippen LogP contribution in [0.1, 0.15) is 12.0 Å². The molecule has 1 aromatic rings. The zero-order valence-corrected chi connectivity index (χ0v) is 12.6. The Hall–Kier alpha value is -1.23. The van der Waals surface area contributed by atoms with Gasteiger partial charge in [-0.25, -0.2) is 4.79 Å². The van der Waals surface area contributed by atoms with Gasteiger partial charge >= 0.3 is 6.03 Å². The molecule has 2 amide bonds. The Morgan fingerprint density at radius 3 is 2.75 bits per heavy atom. The highest BCUT2D eigenvalue weighted by Gasteiger charge is 2.13. The number of hydrogen-bond acceptors (Lipinski definition) is 2. The minimum absolute atomic E-state index is 0.0343. The molecule has 1 rings (SSSR count). The average Bonchev–Trinajstić information content (AvgIpc) is 2.44. The summed E-state index contributed by atoms with van der Waals surface area (Å²) in [6, 6.07) is 5.05. The number of amides is 2. The van der Waals surface area contributed by atoms with Gasteiger partial charge < -0.3 is 15.3 Å². The summed E-state index contributed by atoms with van der Waals surface area (Å²) in [7, 11) is 0. The van der Waals surface area contributed by atoms with E-state index in [-0.39, 0.29) is 12.6 Å². The molecule has 0 atom stereocenters. The monoisotopic (exact) mass is 316 g/mol. The molecular weight excluding hydrogens is 299 g/mol. The van der Waals surface area contributed by atoms with Crippen molar-refractivity contribution in [3.05, 3.63) is 46.5 Å². The molecule has 0 bridgehead atoms. The maximum absolute atomic E-state index is 12.0. The third kappa shape index (κ3) is 5.41. The Kier molecular flexibility index (Phi) is 7.44. The standard InChI is InChI=1S/C14H18Cl2N2O2/c1-2-6-17-14(20)18(7-3-8-19)10-11-4-5-12(15)13(16)9-11/h2,4-5,9,19H,1,3,6-8,10H2,(H,17,20). The molecule has 0 aliphatic heterocycles. The normalized spacial score (nSPS) is 10.2. The quantitative estimate of drug-likeness (QED) is 0.759. The van der Waals surface area contributed by atoms with Crippen molar-refractivity contribution in [2.24, 2.45) is 0 Å². The number of aliphatic hydroxyl groups is 1. The highest BCUT2D eigenvalue weighted by Crippen LogP contribution is 2.23. The van der Waals surface area contributed by atoms with Crippen LogP contribution in [0.3, 0.4) is 0 Å². The number of urea groups is 1. The zero-order valence-electron chi connectivity index (χ0n) is 11.1. The van der Waals surface area contributed by atoms with Crippen LogP contribution in [0.4, 0.5) is 4.79 Å². The number of aliphatic hydroxyl groups excluding tert-OH is 1. The molecule has 0 aliphatic rings. The summed E-state index contributed by atoms with van der Waals surface area (Å²) in [5.41, 5.74) is 0.881. The Morgan fingerprint density at radius 2 is 2.15 bits per heavy atom. The van der Waals surface area contributed by atoms with Gasteiger partial charge in [-0.05, 0) is 24.1 Å². The van der Waals surface area contributed by atoms with Crippen molar-refractivity contribution in [3.63, 3.8) is 0 Å². The van der Waals surface area contributed by atoms with Crippen molar-refractivity contribution in [2.75, 3.05) is 19.7 Å². The molecule has 0 unspecified atom stereocenters. The lowest BCUT2D eigenvalue weighted by molar-refractivity contribution is 0.187. The molecule has 20 heavy (non-hydrogen) atoms. The summed E-state index contributed by atoms with van der Waals surface area (Å²) in [5.74, 6) is 0. The Labute approximate surface area is 129 Å². The minimum Gasteiger partial charge on any atom is -0.396 e. The lowest BCUT2D eigenvalue weighted by Crippen LogP contribution is -2.40. The zero-order chi connectivity index (χ0) is 15.0. The van der Waals surface area contributed by atoms with E-state index >= 15 is 0 Å². The molecule has 110 valence electrons. The van der Waals surface area contributed by atoms with Crippen LogP contribution in [0.2, 0.25) is 10.0 Å². The fourth-order valence-electron chi connectivity index (χ4n) is 1.64. The van der Waals surface area contributed by atoms with E-state index in [1.54, 1.807) is 23.1 Å². The summed E-state index contributed by atoms with van der Waals surface area (Å²) in [5, 5.41) is 12.6. The number of benzene rings is 1. The summed E-state index contributed by atoms with van der Waals surface area (Å²) < 4.78 is 0. The van der Waals surface area contributed by atoms with E-state index in [2.05, 4.69) is 11.9 Å². The number of carbonyl (C=O) groups is 1. The van der Waals surface area contributed by atoms with Gasteiger partial charge in [-0.15, -0.1) is 6.58 Å². The van der Waals surface area contributed by atoms with Gasteiger partial charge in [0.25, 0.3) is 0 Å². The summed E-state index contributed by atoms with van der Waals surface area (Å²) in [6.07, 6.45) is 2.13. The van der Waals surface area contributed by atoms with Gasteiger partial charge in [0, 0.05) is 26.2 Å². The van der Waals surface area contributed by atoms with E-state index < -0.39 is 0 Å². The molecule has 0 aliphatic carbocycles. The van der Waals surface area contributed by atoms with E-state index in [0.717, 1.165) is 5.56 Å². The minimum atomic E-state index is -0.204. The van der Waals surface area contributed by atoms with Crippen molar-refractivity contribution in [2.45, 2.75) is 13.0 Å². The second kappa shape index (κ2) is 8.84. The van der Waals surface area contributed by atoms with Crippen LogP contribution >= 0.6 is 23.2 Å². The molecule has 2 N–H and O–H groups in total. The Balaban J connectivity index is 2.74. The summed E-state index contributed by atoms with van der Waals surface area (Å²) in [4.78, 5) is 13.6. The van der Waals surface area contributed by atoms with E-state index in [1.165, 1.54) is 0 Å². The van der Waals surface area contributed by atoms with Crippen molar-refractivity contribution < 1.29 is 9.90 Å². The van der Waals surface area contributed by atoms with E-state index in [9.17, 15) is 4.79 Å². The molecule has 0 fully saturated rings. The molecule has 0 aromatic heterocycles. The lowest BCUT2D eigenvalue weighted by Gasteiger charge is -2.23. The van der Waals surface area contributed by atoms with E-state index in [0.29, 0.717) is 36.1 Å². The summed E-state index contributed by atoms with van der Waals surface area (Å²) in [6.45, 7) is 4.85. The smallest absolute Gasteiger partial charge is 0.317 e. The number of nitrogens with one attached hydrogen (secondary N) is 1.